The van der Waals surface area contributed by atoms with Gasteiger partial charge in [0.05, 0.1) is 5.56 Å². The Morgan fingerprint density at radius 2 is 2.16 bits per heavy atom. The van der Waals surface area contributed by atoms with Gasteiger partial charge in [0.25, 0.3) is 11.7 Å². The lowest BCUT2D eigenvalue weighted by Crippen LogP contribution is -2.45. The minimum absolute atomic E-state index is 0.0648. The van der Waals surface area contributed by atoms with Crippen molar-refractivity contribution in [3.05, 3.63) is 48.2 Å². The van der Waals surface area contributed by atoms with E-state index >= 15 is 0 Å². The van der Waals surface area contributed by atoms with Crippen LogP contribution in [0.2, 0.25) is 0 Å². The van der Waals surface area contributed by atoms with Crippen LogP contribution < -0.4 is 10.2 Å². The van der Waals surface area contributed by atoms with E-state index in [4.69, 9.17) is 0 Å². The molecule has 1 fully saturated rings. The molecular formula is C17H19N7O. The van der Waals surface area contributed by atoms with Crippen molar-refractivity contribution in [2.75, 3.05) is 18.0 Å². The Morgan fingerprint density at radius 3 is 2.92 bits per heavy atom. The van der Waals surface area contributed by atoms with E-state index in [0.29, 0.717) is 11.3 Å². The molecule has 0 spiro atoms. The Hall–Kier alpha value is -3.03. The number of anilines is 1. The average molecular weight is 337 g/mol. The molecule has 0 bridgehead atoms. The topological polar surface area (TPSA) is 88.3 Å². The predicted molar refractivity (Wildman–Crippen MR) is 92.5 cm³/mol. The fourth-order valence-corrected chi connectivity index (χ4v) is 3.16. The van der Waals surface area contributed by atoms with Crippen LogP contribution in [0, 0.1) is 6.92 Å². The molecule has 128 valence electrons. The zero-order chi connectivity index (χ0) is 17.2. The number of piperidine rings is 1. The zero-order valence-electron chi connectivity index (χ0n) is 14.0. The number of amides is 1. The van der Waals surface area contributed by atoms with Crippen LogP contribution in [-0.4, -0.2) is 49.6 Å². The quantitative estimate of drug-likeness (QED) is 0.773. The van der Waals surface area contributed by atoms with Crippen molar-refractivity contribution in [2.45, 2.75) is 25.8 Å². The Balaban J connectivity index is 1.43. The first-order valence-electron chi connectivity index (χ1n) is 8.34. The van der Waals surface area contributed by atoms with Gasteiger partial charge in [-0.1, -0.05) is 0 Å². The number of fused-ring (bicyclic) bond motifs is 1. The lowest BCUT2D eigenvalue weighted by molar-refractivity contribution is 0.0930. The predicted octanol–water partition coefficient (Wildman–Crippen LogP) is 1.23. The van der Waals surface area contributed by atoms with Gasteiger partial charge in [0, 0.05) is 43.3 Å². The summed E-state index contributed by atoms with van der Waals surface area (Å²) in [6.45, 7) is 3.64. The van der Waals surface area contributed by atoms with E-state index in [2.05, 4.69) is 30.3 Å². The van der Waals surface area contributed by atoms with E-state index in [1.807, 2.05) is 13.0 Å². The lowest BCUT2D eigenvalue weighted by Gasteiger charge is -2.33. The van der Waals surface area contributed by atoms with E-state index in [-0.39, 0.29) is 11.9 Å². The van der Waals surface area contributed by atoms with Gasteiger partial charge in [-0.15, -0.1) is 0 Å². The largest absolute Gasteiger partial charge is 0.356 e. The minimum Gasteiger partial charge on any atom is -0.356 e. The number of nitrogens with zero attached hydrogens (tertiary/aromatic N) is 6. The average Bonchev–Trinajstić information content (AvgIpc) is 3.11. The van der Waals surface area contributed by atoms with Crippen LogP contribution >= 0.6 is 0 Å². The van der Waals surface area contributed by atoms with E-state index in [9.17, 15) is 4.79 Å². The van der Waals surface area contributed by atoms with Crippen LogP contribution in [0.3, 0.4) is 0 Å². The third-order valence-electron chi connectivity index (χ3n) is 4.44. The second-order valence-corrected chi connectivity index (χ2v) is 6.20. The number of pyridine rings is 1. The Bertz CT molecular complexity index is 884. The number of hydrogen-bond donors (Lipinski definition) is 1. The maximum Gasteiger partial charge on any atom is 0.254 e. The summed E-state index contributed by atoms with van der Waals surface area (Å²) >= 11 is 0. The molecule has 3 aromatic heterocycles. The van der Waals surface area contributed by atoms with Gasteiger partial charge in [0.2, 0.25) is 0 Å². The molecule has 0 unspecified atom stereocenters. The van der Waals surface area contributed by atoms with Crippen molar-refractivity contribution >= 4 is 17.5 Å². The van der Waals surface area contributed by atoms with Crippen LogP contribution in [-0.2, 0) is 0 Å². The molecule has 8 nitrogen and oxygen atoms in total. The fourth-order valence-electron chi connectivity index (χ4n) is 3.16. The SMILES string of the molecule is Cc1cc(N2CCC(NC(=O)c3cccnc3)CC2)n2ncnc2n1. The molecule has 0 saturated carbocycles. The summed E-state index contributed by atoms with van der Waals surface area (Å²) in [5, 5.41) is 7.36. The van der Waals surface area contributed by atoms with Crippen molar-refractivity contribution in [2.24, 2.45) is 0 Å². The maximum atomic E-state index is 12.3. The number of rotatable bonds is 3. The molecule has 1 N–H and O–H groups in total. The molecule has 4 rings (SSSR count). The molecule has 8 heteroatoms. The highest BCUT2D eigenvalue weighted by Crippen LogP contribution is 2.21. The number of aromatic nitrogens is 5. The van der Waals surface area contributed by atoms with E-state index in [1.54, 1.807) is 29.0 Å². The highest BCUT2D eigenvalue weighted by atomic mass is 16.1. The third kappa shape index (κ3) is 3.15. The molecule has 25 heavy (non-hydrogen) atoms. The number of aryl methyl sites for hydroxylation is 1. The number of hydrogen-bond acceptors (Lipinski definition) is 6. The van der Waals surface area contributed by atoms with Crippen molar-refractivity contribution < 1.29 is 4.79 Å². The van der Waals surface area contributed by atoms with Crippen LogP contribution in [0.25, 0.3) is 5.78 Å². The summed E-state index contributed by atoms with van der Waals surface area (Å²) in [6, 6.07) is 5.74. The van der Waals surface area contributed by atoms with Gasteiger partial charge < -0.3 is 10.2 Å². The first-order valence-corrected chi connectivity index (χ1v) is 8.34. The molecule has 1 amide bonds. The van der Waals surface area contributed by atoms with Crippen molar-refractivity contribution in [1.29, 1.82) is 0 Å². The smallest absolute Gasteiger partial charge is 0.254 e. The first kappa shape index (κ1) is 15.5. The standard InChI is InChI=1S/C17H19N7O/c1-12-9-15(24-17(21-12)19-11-20-24)23-7-4-14(5-8-23)22-16(25)13-3-2-6-18-10-13/h2-3,6,9-11,14H,4-5,7-8H2,1H3,(H,22,25). The maximum absolute atomic E-state index is 12.3. The summed E-state index contributed by atoms with van der Waals surface area (Å²) in [5.41, 5.74) is 1.52. The summed E-state index contributed by atoms with van der Waals surface area (Å²) in [4.78, 5) is 27.1. The van der Waals surface area contributed by atoms with Gasteiger partial charge in [0.1, 0.15) is 12.1 Å². The van der Waals surface area contributed by atoms with Crippen molar-refractivity contribution in [3.63, 3.8) is 0 Å². The van der Waals surface area contributed by atoms with Crippen LogP contribution in [0.4, 0.5) is 5.82 Å². The lowest BCUT2D eigenvalue weighted by atomic mass is 10.0. The van der Waals surface area contributed by atoms with Gasteiger partial charge in [-0.3, -0.25) is 9.78 Å². The Morgan fingerprint density at radius 1 is 1.32 bits per heavy atom. The van der Waals surface area contributed by atoms with Gasteiger partial charge in [-0.2, -0.15) is 14.6 Å². The summed E-state index contributed by atoms with van der Waals surface area (Å²) < 4.78 is 1.77. The first-order chi connectivity index (χ1) is 12.2. The molecule has 0 radical (unpaired) electrons. The molecule has 3 aromatic rings. The van der Waals surface area contributed by atoms with Crippen LogP contribution in [0.1, 0.15) is 28.9 Å². The normalized spacial score (nSPS) is 15.5. The monoisotopic (exact) mass is 337 g/mol. The van der Waals surface area contributed by atoms with Gasteiger partial charge >= 0.3 is 0 Å². The molecule has 1 saturated heterocycles. The molecule has 0 aromatic carbocycles. The van der Waals surface area contributed by atoms with Gasteiger partial charge in [-0.05, 0) is 31.9 Å². The molecular weight excluding hydrogens is 318 g/mol. The number of nitrogens with one attached hydrogen (secondary N) is 1. The molecule has 4 heterocycles. The van der Waals surface area contributed by atoms with E-state index in [1.165, 1.54) is 6.33 Å². The van der Waals surface area contributed by atoms with E-state index in [0.717, 1.165) is 37.4 Å². The van der Waals surface area contributed by atoms with Gasteiger partial charge in [-0.25, -0.2) is 4.98 Å². The fraction of sp³-hybridized carbons (Fsp3) is 0.353. The number of carbonyl (C=O) groups excluding carboxylic acids is 1. The molecule has 0 aliphatic carbocycles. The molecule has 0 atom stereocenters. The van der Waals surface area contributed by atoms with Gasteiger partial charge in [0.15, 0.2) is 0 Å². The highest BCUT2D eigenvalue weighted by Gasteiger charge is 2.23. The van der Waals surface area contributed by atoms with Crippen LogP contribution in [0.15, 0.2) is 36.9 Å². The summed E-state index contributed by atoms with van der Waals surface area (Å²) in [7, 11) is 0. The second-order valence-electron chi connectivity index (χ2n) is 6.20. The Labute approximate surface area is 144 Å². The molecule has 1 aliphatic heterocycles. The van der Waals surface area contributed by atoms with Crippen molar-refractivity contribution in [1.82, 2.24) is 29.9 Å². The van der Waals surface area contributed by atoms with Crippen LogP contribution in [0.5, 0.6) is 0 Å². The Kier molecular flexibility index (Phi) is 4.01. The second kappa shape index (κ2) is 6.46. The van der Waals surface area contributed by atoms with E-state index < -0.39 is 0 Å². The highest BCUT2D eigenvalue weighted by molar-refractivity contribution is 5.94. The zero-order valence-corrected chi connectivity index (χ0v) is 14.0. The minimum atomic E-state index is -0.0648. The number of carbonyl (C=O) groups is 1. The summed E-state index contributed by atoms with van der Waals surface area (Å²) in [6.07, 6.45) is 6.53. The summed E-state index contributed by atoms with van der Waals surface area (Å²) in [5.74, 6) is 1.55. The third-order valence-corrected chi connectivity index (χ3v) is 4.44. The molecule has 1 aliphatic rings. The van der Waals surface area contributed by atoms with Crippen molar-refractivity contribution in [3.8, 4) is 0 Å².